The van der Waals surface area contributed by atoms with E-state index in [1.807, 2.05) is 18.2 Å². The van der Waals surface area contributed by atoms with E-state index in [2.05, 4.69) is 28.5 Å². The predicted octanol–water partition coefficient (Wildman–Crippen LogP) is 4.05. The Balaban J connectivity index is 1.65. The lowest BCUT2D eigenvalue weighted by Crippen LogP contribution is -2.30. The zero-order valence-electron chi connectivity index (χ0n) is 12.8. The number of methoxy groups -OCH3 is 1. The second-order valence-electron chi connectivity index (χ2n) is 5.60. The molecule has 1 amide bonds. The highest BCUT2D eigenvalue weighted by Gasteiger charge is 2.29. The number of aryl methyl sites for hydroxylation is 1. The highest BCUT2D eigenvalue weighted by molar-refractivity contribution is 7.09. The fourth-order valence-electron chi connectivity index (χ4n) is 3.07. The molecule has 1 aliphatic rings. The van der Waals surface area contributed by atoms with Gasteiger partial charge in [-0.3, -0.25) is 4.79 Å². The minimum Gasteiger partial charge on any atom is -0.497 e. The van der Waals surface area contributed by atoms with Crippen molar-refractivity contribution in [1.82, 2.24) is 4.90 Å². The Morgan fingerprint density at radius 2 is 2.14 bits per heavy atom. The van der Waals surface area contributed by atoms with Gasteiger partial charge in [-0.15, -0.1) is 11.3 Å². The summed E-state index contributed by atoms with van der Waals surface area (Å²) in [6.07, 6.45) is 3.59. The molecule has 4 heteroatoms. The van der Waals surface area contributed by atoms with E-state index in [-0.39, 0.29) is 11.9 Å². The predicted molar refractivity (Wildman–Crippen MR) is 89.3 cm³/mol. The summed E-state index contributed by atoms with van der Waals surface area (Å²) in [5, 5.41) is 2.07. The van der Waals surface area contributed by atoms with Crippen molar-refractivity contribution in [2.24, 2.45) is 0 Å². The first kappa shape index (κ1) is 15.1. The SMILES string of the molecule is COc1ccc(C2CCCN2C(=O)CCc2cccs2)cc1. The molecule has 0 bridgehead atoms. The van der Waals surface area contributed by atoms with Gasteiger partial charge in [-0.25, -0.2) is 0 Å². The highest BCUT2D eigenvalue weighted by atomic mass is 32.1. The van der Waals surface area contributed by atoms with Gasteiger partial charge in [0.2, 0.25) is 5.91 Å². The first-order valence-electron chi connectivity index (χ1n) is 7.74. The van der Waals surface area contributed by atoms with Crippen molar-refractivity contribution in [3.8, 4) is 5.75 Å². The Morgan fingerprint density at radius 1 is 1.32 bits per heavy atom. The number of nitrogens with zero attached hydrogens (tertiary/aromatic N) is 1. The van der Waals surface area contributed by atoms with Crippen LogP contribution in [-0.4, -0.2) is 24.5 Å². The summed E-state index contributed by atoms with van der Waals surface area (Å²) in [4.78, 5) is 15.9. The van der Waals surface area contributed by atoms with Gasteiger partial charge in [0.05, 0.1) is 13.2 Å². The van der Waals surface area contributed by atoms with E-state index in [0.29, 0.717) is 6.42 Å². The number of rotatable bonds is 5. The van der Waals surface area contributed by atoms with Crippen LogP contribution < -0.4 is 4.74 Å². The number of amides is 1. The largest absolute Gasteiger partial charge is 0.497 e. The molecule has 1 aromatic carbocycles. The molecule has 1 atom stereocenters. The van der Waals surface area contributed by atoms with Gasteiger partial charge >= 0.3 is 0 Å². The molecule has 0 saturated carbocycles. The van der Waals surface area contributed by atoms with E-state index in [9.17, 15) is 4.79 Å². The molecule has 116 valence electrons. The number of carbonyl (C=O) groups is 1. The Morgan fingerprint density at radius 3 is 2.82 bits per heavy atom. The molecule has 2 aromatic rings. The van der Waals surface area contributed by atoms with Crippen LogP contribution in [0.25, 0.3) is 0 Å². The first-order chi connectivity index (χ1) is 10.8. The molecule has 1 saturated heterocycles. The van der Waals surface area contributed by atoms with Gasteiger partial charge < -0.3 is 9.64 Å². The zero-order valence-corrected chi connectivity index (χ0v) is 13.6. The maximum atomic E-state index is 12.6. The summed E-state index contributed by atoms with van der Waals surface area (Å²) in [5.74, 6) is 1.13. The topological polar surface area (TPSA) is 29.5 Å². The minimum atomic E-state index is 0.224. The van der Waals surface area contributed by atoms with Gasteiger partial charge in [0.1, 0.15) is 5.75 Å². The monoisotopic (exact) mass is 315 g/mol. The van der Waals surface area contributed by atoms with Crippen LogP contribution in [0.2, 0.25) is 0 Å². The third kappa shape index (κ3) is 3.33. The molecule has 1 aliphatic heterocycles. The molecule has 0 radical (unpaired) electrons. The third-order valence-corrected chi connectivity index (χ3v) is 5.18. The summed E-state index contributed by atoms with van der Waals surface area (Å²) in [5.41, 5.74) is 1.21. The second-order valence-corrected chi connectivity index (χ2v) is 6.63. The Hall–Kier alpha value is -1.81. The maximum absolute atomic E-state index is 12.6. The lowest BCUT2D eigenvalue weighted by atomic mass is 10.0. The second kappa shape index (κ2) is 6.97. The highest BCUT2D eigenvalue weighted by Crippen LogP contribution is 2.33. The van der Waals surface area contributed by atoms with Gasteiger partial charge in [-0.2, -0.15) is 0 Å². The number of hydrogen-bond donors (Lipinski definition) is 0. The zero-order chi connectivity index (χ0) is 15.4. The molecule has 3 rings (SSSR count). The quantitative estimate of drug-likeness (QED) is 0.833. The summed E-state index contributed by atoms with van der Waals surface area (Å²) in [7, 11) is 1.67. The van der Waals surface area contributed by atoms with Crippen LogP contribution >= 0.6 is 11.3 Å². The van der Waals surface area contributed by atoms with Gasteiger partial charge in [-0.1, -0.05) is 18.2 Å². The molecule has 0 spiro atoms. The van der Waals surface area contributed by atoms with Crippen LogP contribution in [0.3, 0.4) is 0 Å². The van der Waals surface area contributed by atoms with Gasteiger partial charge in [0, 0.05) is 17.8 Å². The molecule has 2 heterocycles. The van der Waals surface area contributed by atoms with E-state index in [0.717, 1.165) is 31.6 Å². The standard InChI is InChI=1S/C18H21NO2S/c1-21-15-8-6-14(7-9-15)17-5-2-12-19(17)18(20)11-10-16-4-3-13-22-16/h3-4,6-9,13,17H,2,5,10-12H2,1H3. The average Bonchev–Trinajstić information content (AvgIpc) is 3.24. The molecule has 1 unspecified atom stereocenters. The lowest BCUT2D eigenvalue weighted by molar-refractivity contribution is -0.132. The molecule has 0 N–H and O–H groups in total. The summed E-state index contributed by atoms with van der Waals surface area (Å²) in [6.45, 7) is 0.875. The van der Waals surface area contributed by atoms with Gasteiger partial charge in [0.15, 0.2) is 0 Å². The average molecular weight is 315 g/mol. The molecule has 22 heavy (non-hydrogen) atoms. The Labute approximate surface area is 135 Å². The van der Waals surface area contributed by atoms with E-state index in [1.54, 1.807) is 18.4 Å². The number of carbonyl (C=O) groups excluding carboxylic acids is 1. The Kier molecular flexibility index (Phi) is 4.78. The fraction of sp³-hybridized carbons (Fsp3) is 0.389. The van der Waals surface area contributed by atoms with Crippen molar-refractivity contribution in [1.29, 1.82) is 0 Å². The molecular weight excluding hydrogens is 294 g/mol. The number of ether oxygens (including phenoxy) is 1. The van der Waals surface area contributed by atoms with E-state index in [4.69, 9.17) is 4.74 Å². The number of thiophene rings is 1. The molecular formula is C18H21NO2S. The molecule has 3 nitrogen and oxygen atoms in total. The van der Waals surface area contributed by atoms with Crippen molar-refractivity contribution in [2.45, 2.75) is 31.7 Å². The lowest BCUT2D eigenvalue weighted by Gasteiger charge is -2.25. The van der Waals surface area contributed by atoms with E-state index >= 15 is 0 Å². The number of likely N-dealkylation sites (tertiary alicyclic amines) is 1. The maximum Gasteiger partial charge on any atom is 0.223 e. The van der Waals surface area contributed by atoms with Crippen molar-refractivity contribution in [3.63, 3.8) is 0 Å². The van der Waals surface area contributed by atoms with Crippen LogP contribution in [0.15, 0.2) is 41.8 Å². The normalized spacial score (nSPS) is 17.7. The summed E-state index contributed by atoms with van der Waals surface area (Å²) in [6, 6.07) is 12.5. The third-order valence-electron chi connectivity index (χ3n) is 4.24. The molecule has 1 aromatic heterocycles. The molecule has 0 aliphatic carbocycles. The van der Waals surface area contributed by atoms with Crippen LogP contribution in [-0.2, 0) is 11.2 Å². The van der Waals surface area contributed by atoms with Crippen molar-refractivity contribution in [2.75, 3.05) is 13.7 Å². The van der Waals surface area contributed by atoms with Crippen LogP contribution in [0.1, 0.15) is 35.7 Å². The summed E-state index contributed by atoms with van der Waals surface area (Å²) >= 11 is 1.72. The van der Waals surface area contributed by atoms with Gasteiger partial charge in [-0.05, 0) is 48.4 Å². The first-order valence-corrected chi connectivity index (χ1v) is 8.61. The van der Waals surface area contributed by atoms with Crippen LogP contribution in [0.4, 0.5) is 0 Å². The number of benzene rings is 1. The van der Waals surface area contributed by atoms with Gasteiger partial charge in [0.25, 0.3) is 0 Å². The molecule has 1 fully saturated rings. The van der Waals surface area contributed by atoms with Crippen molar-refractivity contribution >= 4 is 17.2 Å². The van der Waals surface area contributed by atoms with Crippen molar-refractivity contribution in [3.05, 3.63) is 52.2 Å². The Bertz CT molecular complexity index is 607. The smallest absolute Gasteiger partial charge is 0.223 e. The summed E-state index contributed by atoms with van der Waals surface area (Å²) < 4.78 is 5.21. The van der Waals surface area contributed by atoms with Crippen molar-refractivity contribution < 1.29 is 9.53 Å². The van der Waals surface area contributed by atoms with E-state index < -0.39 is 0 Å². The van der Waals surface area contributed by atoms with Crippen LogP contribution in [0, 0.1) is 0 Å². The fourth-order valence-corrected chi connectivity index (χ4v) is 3.78. The van der Waals surface area contributed by atoms with Crippen LogP contribution in [0.5, 0.6) is 5.75 Å². The minimum absolute atomic E-state index is 0.224. The number of hydrogen-bond acceptors (Lipinski definition) is 3. The van der Waals surface area contributed by atoms with E-state index in [1.165, 1.54) is 10.4 Å².